The van der Waals surface area contributed by atoms with Crippen LogP contribution in [0.4, 0.5) is 0 Å². The van der Waals surface area contributed by atoms with E-state index in [0.717, 1.165) is 12.8 Å². The van der Waals surface area contributed by atoms with Gasteiger partial charge in [-0.25, -0.2) is 0 Å². The van der Waals surface area contributed by atoms with Gasteiger partial charge < -0.3 is 0 Å². The number of halogens is 1. The predicted molar refractivity (Wildman–Crippen MR) is 84.6 cm³/mol. The summed E-state index contributed by atoms with van der Waals surface area (Å²) in [5.41, 5.74) is 0. The molecular weight excluding hydrogens is 308 g/mol. The van der Waals surface area contributed by atoms with Crippen LogP contribution in [0.2, 0.25) is 0 Å². The van der Waals surface area contributed by atoms with Crippen molar-refractivity contribution in [1.82, 2.24) is 0 Å². The third-order valence-corrected chi connectivity index (χ3v) is 17.3. The van der Waals surface area contributed by atoms with Gasteiger partial charge in [0.15, 0.2) is 0 Å². The van der Waals surface area contributed by atoms with Crippen molar-refractivity contribution in [2.45, 2.75) is 12.8 Å². The van der Waals surface area contributed by atoms with E-state index in [-0.39, 0.29) is 0 Å². The Morgan fingerprint density at radius 2 is 1.42 bits per heavy atom. The van der Waals surface area contributed by atoms with Gasteiger partial charge in [-0.05, 0) is 0 Å². The average molecular weight is 324 g/mol. The second-order valence-corrected chi connectivity index (χ2v) is 19.3. The summed E-state index contributed by atoms with van der Waals surface area (Å²) in [6.07, 6.45) is 14.7. The van der Waals surface area contributed by atoms with Crippen LogP contribution in [0, 0.1) is 0 Å². The third kappa shape index (κ3) is 2.04. The van der Waals surface area contributed by atoms with E-state index in [2.05, 4.69) is 60.7 Å². The summed E-state index contributed by atoms with van der Waals surface area (Å²) in [5, 5.41) is 0. The molecule has 3 rings (SSSR count). The molecule has 0 spiro atoms. The van der Waals surface area contributed by atoms with Gasteiger partial charge >= 0.3 is 124 Å². The van der Waals surface area contributed by atoms with E-state index in [1.54, 1.807) is 0 Å². The minimum absolute atomic E-state index is 0.927. The molecule has 0 amide bonds. The van der Waals surface area contributed by atoms with Gasteiger partial charge in [-0.15, -0.1) is 0 Å². The normalized spacial score (nSPS) is 20.0. The molecule has 0 atom stereocenters. The fourth-order valence-electron chi connectivity index (χ4n) is 2.89. The number of allylic oxidation sites excluding steroid dienone is 8. The van der Waals surface area contributed by atoms with Crippen LogP contribution in [-0.2, 0) is 12.9 Å². The molecular formula is C16H16ClSTi. The van der Waals surface area contributed by atoms with Crippen molar-refractivity contribution in [3.8, 4) is 0 Å². The first-order chi connectivity index (χ1) is 9.12. The predicted octanol–water partition coefficient (Wildman–Crippen LogP) is 4.69. The summed E-state index contributed by atoms with van der Waals surface area (Å²) in [4.78, 5) is 0. The molecule has 0 aromatic heterocycles. The Morgan fingerprint density at radius 3 is 1.84 bits per heavy atom. The van der Waals surface area contributed by atoms with Crippen molar-refractivity contribution in [3.63, 3.8) is 0 Å². The Morgan fingerprint density at radius 1 is 0.895 bits per heavy atom. The van der Waals surface area contributed by atoms with Crippen LogP contribution in [0.5, 0.6) is 0 Å². The molecule has 2 aliphatic rings. The number of rotatable bonds is 3. The van der Waals surface area contributed by atoms with Gasteiger partial charge in [0.05, 0.1) is 0 Å². The van der Waals surface area contributed by atoms with Crippen molar-refractivity contribution < 1.29 is 12.9 Å². The van der Waals surface area contributed by atoms with E-state index in [1.807, 2.05) is 6.07 Å². The zero-order chi connectivity index (χ0) is 13.4. The molecule has 0 nitrogen and oxygen atoms in total. The van der Waals surface area contributed by atoms with Crippen LogP contribution in [0.15, 0.2) is 74.5 Å². The van der Waals surface area contributed by atoms with E-state index in [1.165, 1.54) is 11.6 Å². The monoisotopic (exact) mass is 323 g/mol. The number of hydrogen-bond acceptors (Lipinski definition) is 1. The van der Waals surface area contributed by atoms with Gasteiger partial charge in [0.2, 0.25) is 0 Å². The van der Waals surface area contributed by atoms with Crippen LogP contribution in [0.3, 0.4) is 0 Å². The van der Waals surface area contributed by atoms with Crippen molar-refractivity contribution in [3.05, 3.63) is 74.5 Å². The van der Waals surface area contributed by atoms with Gasteiger partial charge in [-0.2, -0.15) is 0 Å². The molecule has 19 heavy (non-hydrogen) atoms. The van der Waals surface area contributed by atoms with Gasteiger partial charge in [0.25, 0.3) is 0 Å². The van der Waals surface area contributed by atoms with Crippen molar-refractivity contribution in [2.75, 3.05) is 0 Å². The van der Waals surface area contributed by atoms with Crippen LogP contribution in [-0.4, -0.2) is 0 Å². The third-order valence-electron chi connectivity index (χ3n) is 4.02. The molecule has 3 heteroatoms. The Bertz CT molecular complexity index is 589. The SMILES string of the molecule is [SH][Ti]([Cl])([C]1=CC=CC1)([C]1=CC=CC1)[c]1ccccc1. The van der Waals surface area contributed by atoms with Crippen LogP contribution < -0.4 is 3.87 Å². The van der Waals surface area contributed by atoms with Crippen LogP contribution in [0.25, 0.3) is 0 Å². The quantitative estimate of drug-likeness (QED) is 0.605. The Kier molecular flexibility index (Phi) is 3.43. The topological polar surface area (TPSA) is 0 Å². The molecule has 0 unspecified atom stereocenters. The maximum absolute atomic E-state index is 7.37. The first kappa shape index (κ1) is 13.5. The number of thiol groups is 1. The molecule has 0 saturated carbocycles. The van der Waals surface area contributed by atoms with Gasteiger partial charge in [-0.3, -0.25) is 0 Å². The summed E-state index contributed by atoms with van der Waals surface area (Å²) in [6.45, 7) is 0. The summed E-state index contributed by atoms with van der Waals surface area (Å²) in [5.74, 6) is 0. The van der Waals surface area contributed by atoms with Gasteiger partial charge in [0, 0.05) is 0 Å². The van der Waals surface area contributed by atoms with Crippen molar-refractivity contribution >= 4 is 23.4 Å². The molecule has 0 fully saturated rings. The van der Waals surface area contributed by atoms with Crippen LogP contribution >= 0.6 is 19.5 Å². The van der Waals surface area contributed by atoms with Gasteiger partial charge in [0.1, 0.15) is 0 Å². The zero-order valence-electron chi connectivity index (χ0n) is 10.6. The van der Waals surface area contributed by atoms with Crippen LogP contribution in [0.1, 0.15) is 12.8 Å². The maximum atomic E-state index is 7.37. The van der Waals surface area contributed by atoms with Crippen molar-refractivity contribution in [1.29, 1.82) is 0 Å². The molecule has 1 aromatic carbocycles. The van der Waals surface area contributed by atoms with E-state index in [4.69, 9.17) is 19.5 Å². The first-order valence-electron chi connectivity index (χ1n) is 6.51. The van der Waals surface area contributed by atoms with Crippen molar-refractivity contribution in [2.24, 2.45) is 0 Å². The molecule has 1 aromatic rings. The number of benzene rings is 1. The van der Waals surface area contributed by atoms with Gasteiger partial charge in [-0.1, -0.05) is 0 Å². The molecule has 0 radical (unpaired) electrons. The van der Waals surface area contributed by atoms with E-state index >= 15 is 0 Å². The fourth-order valence-corrected chi connectivity index (χ4v) is 12.4. The average Bonchev–Trinajstić information content (AvgIpc) is 3.14. The molecule has 0 N–H and O–H groups in total. The fraction of sp³-hybridized carbons (Fsp3) is 0.125. The Labute approximate surface area is 123 Å². The molecule has 0 aliphatic heterocycles. The second-order valence-electron chi connectivity index (χ2n) is 5.09. The standard InChI is InChI=1S/C6H5.2C5H5.ClH.H2S.Ti/c1-2-4-6-5-3-1;2*1-2-4-5-3-1;;;/h1-5H;2*1-3H,4H2;1H;1H2;/q;;;;;+2/p-2. The second kappa shape index (κ2) is 4.82. The van der Waals surface area contributed by atoms with E-state index in [9.17, 15) is 0 Å². The summed E-state index contributed by atoms with van der Waals surface area (Å²) < 4.78 is 3.82. The molecule has 97 valence electrons. The zero-order valence-corrected chi connectivity index (χ0v) is 13.8. The number of hydrogen-bond donors (Lipinski definition) is 1. The van der Waals surface area contributed by atoms with E-state index < -0.39 is 12.9 Å². The first-order valence-corrected chi connectivity index (χ1v) is 13.5. The Hall–Kier alpha value is -0.466. The summed E-state index contributed by atoms with van der Waals surface area (Å²) in [6, 6.07) is 10.4. The minimum atomic E-state index is -3.80. The summed E-state index contributed by atoms with van der Waals surface area (Å²) in [7, 11) is 12.6. The van der Waals surface area contributed by atoms with E-state index in [0.29, 0.717) is 0 Å². The Balaban J connectivity index is 2.21. The molecule has 0 heterocycles. The summed E-state index contributed by atoms with van der Waals surface area (Å²) >= 11 is -3.80. The molecule has 0 bridgehead atoms. The molecule has 2 aliphatic carbocycles. The molecule has 0 saturated heterocycles.